The molecule has 0 spiro atoms. The van der Waals surface area contributed by atoms with Crippen LogP contribution >= 0.6 is 11.6 Å². The molecule has 0 amide bonds. The highest BCUT2D eigenvalue weighted by Crippen LogP contribution is 2.39. The van der Waals surface area contributed by atoms with Crippen LogP contribution in [0.2, 0.25) is 0 Å². The molecule has 1 rings (SSSR count). The van der Waals surface area contributed by atoms with E-state index in [1.807, 2.05) is 26.0 Å². The van der Waals surface area contributed by atoms with Gasteiger partial charge in [0.25, 0.3) is 0 Å². The normalized spacial score (nSPS) is 13.6. The zero-order valence-electron chi connectivity index (χ0n) is 13.0. The van der Waals surface area contributed by atoms with E-state index in [1.54, 1.807) is 0 Å². The monoisotopic (exact) mass is 282 g/mol. The maximum absolute atomic E-state index is 6.68. The summed E-state index contributed by atoms with van der Waals surface area (Å²) in [5.41, 5.74) is 1.19. The van der Waals surface area contributed by atoms with Crippen LogP contribution in [0.1, 0.15) is 52.5 Å². The zero-order valence-corrected chi connectivity index (χ0v) is 13.7. The number of rotatable bonds is 6. The van der Waals surface area contributed by atoms with E-state index in [2.05, 4.69) is 39.8 Å². The molecule has 0 aliphatic rings. The van der Waals surface area contributed by atoms with Gasteiger partial charge in [-0.1, -0.05) is 39.8 Å². The van der Waals surface area contributed by atoms with E-state index in [-0.39, 0.29) is 11.5 Å². The largest absolute Gasteiger partial charge is 0.491 e. The summed E-state index contributed by atoms with van der Waals surface area (Å²) in [4.78, 5) is 0. The van der Waals surface area contributed by atoms with E-state index < -0.39 is 0 Å². The maximum Gasteiger partial charge on any atom is 0.119 e. The van der Waals surface area contributed by atoms with Gasteiger partial charge in [0.15, 0.2) is 0 Å². The molecule has 0 heterocycles. The Morgan fingerprint density at radius 3 is 1.68 bits per heavy atom. The van der Waals surface area contributed by atoms with Crippen molar-refractivity contribution in [2.75, 3.05) is 0 Å². The fourth-order valence-electron chi connectivity index (χ4n) is 2.67. The Labute approximate surface area is 123 Å². The van der Waals surface area contributed by atoms with Gasteiger partial charge in [-0.25, -0.2) is 0 Å². The lowest BCUT2D eigenvalue weighted by atomic mass is 9.80. The molecule has 0 aliphatic carbocycles. The molecule has 2 heteroatoms. The van der Waals surface area contributed by atoms with Crippen LogP contribution in [-0.4, -0.2) is 6.10 Å². The summed E-state index contributed by atoms with van der Waals surface area (Å²) >= 11 is 6.68. The van der Waals surface area contributed by atoms with Crippen LogP contribution in [0.15, 0.2) is 24.3 Å². The smallest absolute Gasteiger partial charge is 0.119 e. The number of benzene rings is 1. The molecule has 19 heavy (non-hydrogen) atoms. The van der Waals surface area contributed by atoms with E-state index >= 15 is 0 Å². The molecule has 0 saturated carbocycles. The summed E-state index contributed by atoms with van der Waals surface area (Å²) in [5, 5.41) is 0.0631. The molecule has 0 bridgehead atoms. The fraction of sp³-hybridized carbons (Fsp3) is 0.647. The van der Waals surface area contributed by atoms with E-state index in [4.69, 9.17) is 16.3 Å². The molecule has 0 aromatic heterocycles. The van der Waals surface area contributed by atoms with E-state index in [0.717, 1.165) is 5.75 Å². The van der Waals surface area contributed by atoms with Crippen LogP contribution in [0.4, 0.5) is 0 Å². The predicted octanol–water partition coefficient (Wildman–Crippen LogP) is 5.68. The lowest BCUT2D eigenvalue weighted by molar-refractivity contribution is 0.242. The van der Waals surface area contributed by atoms with Gasteiger partial charge in [-0.2, -0.15) is 0 Å². The van der Waals surface area contributed by atoms with Crippen LogP contribution in [0.5, 0.6) is 5.75 Å². The summed E-state index contributed by atoms with van der Waals surface area (Å²) in [7, 11) is 0. The first-order valence-electron chi connectivity index (χ1n) is 7.23. The zero-order chi connectivity index (χ0) is 14.6. The molecule has 1 aromatic rings. The van der Waals surface area contributed by atoms with Crippen LogP contribution in [0.25, 0.3) is 0 Å². The molecule has 1 atom stereocenters. The van der Waals surface area contributed by atoms with Crippen LogP contribution < -0.4 is 4.74 Å². The third-order valence-electron chi connectivity index (χ3n) is 3.45. The van der Waals surface area contributed by atoms with Crippen molar-refractivity contribution in [2.45, 2.75) is 53.0 Å². The molecule has 0 aliphatic heterocycles. The minimum Gasteiger partial charge on any atom is -0.491 e. The number of hydrogen-bond donors (Lipinski definition) is 0. The van der Waals surface area contributed by atoms with Crippen LogP contribution in [-0.2, 0) is 0 Å². The Morgan fingerprint density at radius 1 is 0.842 bits per heavy atom. The van der Waals surface area contributed by atoms with Crippen molar-refractivity contribution in [2.24, 2.45) is 17.8 Å². The van der Waals surface area contributed by atoms with Crippen LogP contribution in [0.3, 0.4) is 0 Å². The number of alkyl halides is 1. The minimum absolute atomic E-state index is 0.0631. The van der Waals surface area contributed by atoms with Gasteiger partial charge in [-0.15, -0.1) is 11.6 Å². The summed E-state index contributed by atoms with van der Waals surface area (Å²) in [6, 6.07) is 8.21. The fourth-order valence-corrected chi connectivity index (χ4v) is 3.40. The summed E-state index contributed by atoms with van der Waals surface area (Å²) in [6.45, 7) is 13.1. The van der Waals surface area contributed by atoms with Gasteiger partial charge in [0.05, 0.1) is 11.5 Å². The summed E-state index contributed by atoms with van der Waals surface area (Å²) < 4.78 is 5.66. The SMILES string of the molecule is CC(C)Oc1ccc(C(Cl)C(C(C)C)C(C)C)cc1. The van der Waals surface area contributed by atoms with Gasteiger partial charge in [0, 0.05) is 0 Å². The summed E-state index contributed by atoms with van der Waals surface area (Å²) in [6.07, 6.45) is 0.205. The highest BCUT2D eigenvalue weighted by molar-refractivity contribution is 6.21. The Kier molecular flexibility index (Phi) is 6.19. The van der Waals surface area contributed by atoms with Gasteiger partial charge in [0.1, 0.15) is 5.75 Å². The standard InChI is InChI=1S/C17H27ClO/c1-11(2)16(12(3)4)17(18)14-7-9-15(10-8-14)19-13(5)6/h7-13,16-17H,1-6H3. The van der Waals surface area contributed by atoms with Gasteiger partial charge in [-0.3, -0.25) is 0 Å². The van der Waals surface area contributed by atoms with Crippen molar-refractivity contribution in [1.82, 2.24) is 0 Å². The first-order valence-corrected chi connectivity index (χ1v) is 7.67. The quantitative estimate of drug-likeness (QED) is 0.610. The second-order valence-corrected chi connectivity index (χ2v) is 6.67. The molecule has 108 valence electrons. The number of halogens is 1. The molecule has 0 radical (unpaired) electrons. The van der Waals surface area contributed by atoms with Gasteiger partial charge >= 0.3 is 0 Å². The third-order valence-corrected chi connectivity index (χ3v) is 3.99. The highest BCUT2D eigenvalue weighted by atomic mass is 35.5. The first kappa shape index (κ1) is 16.4. The lowest BCUT2D eigenvalue weighted by Gasteiger charge is -2.29. The maximum atomic E-state index is 6.68. The lowest BCUT2D eigenvalue weighted by Crippen LogP contribution is -2.20. The number of ether oxygens (including phenoxy) is 1. The Morgan fingerprint density at radius 2 is 1.32 bits per heavy atom. The predicted molar refractivity (Wildman–Crippen MR) is 84.0 cm³/mol. The average molecular weight is 283 g/mol. The van der Waals surface area contributed by atoms with Crippen molar-refractivity contribution in [3.05, 3.63) is 29.8 Å². The average Bonchev–Trinajstić information content (AvgIpc) is 2.27. The first-order chi connectivity index (χ1) is 8.82. The molecule has 1 aromatic carbocycles. The van der Waals surface area contributed by atoms with Crippen molar-refractivity contribution in [1.29, 1.82) is 0 Å². The third kappa shape index (κ3) is 4.72. The Balaban J connectivity index is 2.84. The van der Waals surface area contributed by atoms with Gasteiger partial charge in [0.2, 0.25) is 0 Å². The molecule has 0 saturated heterocycles. The second kappa shape index (κ2) is 7.19. The Bertz CT molecular complexity index is 359. The van der Waals surface area contributed by atoms with E-state index in [0.29, 0.717) is 17.8 Å². The summed E-state index contributed by atoms with van der Waals surface area (Å²) in [5.74, 6) is 2.55. The highest BCUT2D eigenvalue weighted by Gasteiger charge is 2.26. The van der Waals surface area contributed by atoms with Gasteiger partial charge in [-0.05, 0) is 49.3 Å². The molecular formula is C17H27ClO. The van der Waals surface area contributed by atoms with Gasteiger partial charge < -0.3 is 4.74 Å². The molecule has 1 unspecified atom stereocenters. The van der Waals surface area contributed by atoms with E-state index in [9.17, 15) is 0 Å². The van der Waals surface area contributed by atoms with Crippen molar-refractivity contribution >= 4 is 11.6 Å². The van der Waals surface area contributed by atoms with Crippen molar-refractivity contribution in [3.63, 3.8) is 0 Å². The molecule has 1 nitrogen and oxygen atoms in total. The number of hydrogen-bond acceptors (Lipinski definition) is 1. The molecule has 0 N–H and O–H groups in total. The molecule has 0 fully saturated rings. The van der Waals surface area contributed by atoms with E-state index in [1.165, 1.54) is 5.56 Å². The topological polar surface area (TPSA) is 9.23 Å². The van der Waals surface area contributed by atoms with Crippen molar-refractivity contribution < 1.29 is 4.74 Å². The molecular weight excluding hydrogens is 256 g/mol. The van der Waals surface area contributed by atoms with Crippen molar-refractivity contribution in [3.8, 4) is 5.75 Å². The second-order valence-electron chi connectivity index (χ2n) is 6.20. The minimum atomic E-state index is 0.0631. The van der Waals surface area contributed by atoms with Crippen LogP contribution in [0, 0.1) is 17.8 Å². The Hall–Kier alpha value is -0.690.